The van der Waals surface area contributed by atoms with Gasteiger partial charge in [0.25, 0.3) is 0 Å². The average Bonchev–Trinajstić information content (AvgIpc) is 3.39. The molecule has 0 aliphatic carbocycles. The van der Waals surface area contributed by atoms with Crippen molar-refractivity contribution in [1.82, 2.24) is 29.4 Å². The van der Waals surface area contributed by atoms with Crippen LogP contribution in [0, 0.1) is 5.82 Å². The summed E-state index contributed by atoms with van der Waals surface area (Å²) in [7, 11) is 0. The second-order valence-electron chi connectivity index (χ2n) is 7.14. The van der Waals surface area contributed by atoms with E-state index in [2.05, 4.69) is 50.6 Å². The standard InChI is InChI=1S/C23H15FN6/c24-17-8-10-18(11-9-17)30-22-20(13-26-30)23-28-27-21(29(23)14-25-22)12-16-6-3-5-15-4-1-2-7-19(15)16/h1-11,13-14H,12H2. The van der Waals surface area contributed by atoms with Gasteiger partial charge in [-0.05, 0) is 40.6 Å². The third kappa shape index (κ3) is 2.56. The number of nitrogens with zero attached hydrogens (tertiary/aromatic N) is 6. The second kappa shape index (κ2) is 6.45. The number of rotatable bonds is 3. The summed E-state index contributed by atoms with van der Waals surface area (Å²) in [4.78, 5) is 4.59. The topological polar surface area (TPSA) is 60.9 Å². The average molecular weight is 394 g/mol. The monoisotopic (exact) mass is 394 g/mol. The van der Waals surface area contributed by atoms with Gasteiger partial charge in [0.2, 0.25) is 0 Å². The summed E-state index contributed by atoms with van der Waals surface area (Å²) in [6.45, 7) is 0. The van der Waals surface area contributed by atoms with Crippen molar-refractivity contribution in [3.05, 3.63) is 96.5 Å². The molecule has 0 amide bonds. The molecular formula is C23H15FN6. The first-order valence-electron chi connectivity index (χ1n) is 9.57. The number of benzene rings is 3. The minimum absolute atomic E-state index is 0.291. The van der Waals surface area contributed by atoms with E-state index in [0.29, 0.717) is 17.7 Å². The SMILES string of the molecule is Fc1ccc(-n2ncc3c2ncn2c(Cc4cccc5ccccc45)nnc32)cc1. The molecule has 0 radical (unpaired) electrons. The summed E-state index contributed by atoms with van der Waals surface area (Å²) in [5.41, 5.74) is 3.27. The first-order chi connectivity index (χ1) is 14.8. The van der Waals surface area contributed by atoms with E-state index < -0.39 is 0 Å². The number of halogens is 1. The molecule has 0 aliphatic rings. The summed E-state index contributed by atoms with van der Waals surface area (Å²) in [6.07, 6.45) is 4.08. The van der Waals surface area contributed by atoms with Crippen LogP contribution in [0.4, 0.5) is 4.39 Å². The Balaban J connectivity index is 1.46. The van der Waals surface area contributed by atoms with Crippen LogP contribution < -0.4 is 0 Å². The summed E-state index contributed by atoms with van der Waals surface area (Å²) in [5, 5.41) is 16.5. The summed E-state index contributed by atoms with van der Waals surface area (Å²) >= 11 is 0. The summed E-state index contributed by atoms with van der Waals surface area (Å²) in [6, 6.07) is 20.7. The number of hydrogen-bond acceptors (Lipinski definition) is 4. The van der Waals surface area contributed by atoms with Gasteiger partial charge in [-0.3, -0.25) is 4.40 Å². The molecule has 3 aromatic carbocycles. The highest BCUT2D eigenvalue weighted by Gasteiger charge is 2.15. The Morgan fingerprint density at radius 2 is 1.63 bits per heavy atom. The van der Waals surface area contributed by atoms with E-state index in [1.54, 1.807) is 29.3 Å². The third-order valence-corrected chi connectivity index (χ3v) is 5.35. The van der Waals surface area contributed by atoms with Gasteiger partial charge in [0.15, 0.2) is 11.3 Å². The van der Waals surface area contributed by atoms with Crippen LogP contribution in [-0.2, 0) is 6.42 Å². The molecule has 0 N–H and O–H groups in total. The van der Waals surface area contributed by atoms with Gasteiger partial charge in [-0.15, -0.1) is 10.2 Å². The summed E-state index contributed by atoms with van der Waals surface area (Å²) in [5.74, 6) is 0.520. The molecule has 0 saturated heterocycles. The molecule has 0 unspecified atom stereocenters. The van der Waals surface area contributed by atoms with E-state index in [-0.39, 0.29) is 5.82 Å². The van der Waals surface area contributed by atoms with Crippen LogP contribution in [0.2, 0.25) is 0 Å². The van der Waals surface area contributed by atoms with Crippen LogP contribution in [0.15, 0.2) is 79.3 Å². The molecule has 144 valence electrons. The van der Waals surface area contributed by atoms with Crippen molar-refractivity contribution in [1.29, 1.82) is 0 Å². The van der Waals surface area contributed by atoms with Crippen LogP contribution in [0.3, 0.4) is 0 Å². The van der Waals surface area contributed by atoms with Crippen molar-refractivity contribution in [2.75, 3.05) is 0 Å². The fourth-order valence-corrected chi connectivity index (χ4v) is 3.87. The zero-order valence-electron chi connectivity index (χ0n) is 15.8. The van der Waals surface area contributed by atoms with E-state index in [1.807, 2.05) is 16.5 Å². The van der Waals surface area contributed by atoms with E-state index in [9.17, 15) is 4.39 Å². The maximum atomic E-state index is 13.3. The van der Waals surface area contributed by atoms with Crippen molar-refractivity contribution < 1.29 is 4.39 Å². The van der Waals surface area contributed by atoms with Crippen LogP contribution in [0.5, 0.6) is 0 Å². The Morgan fingerprint density at radius 3 is 2.53 bits per heavy atom. The van der Waals surface area contributed by atoms with Gasteiger partial charge >= 0.3 is 0 Å². The Hall–Kier alpha value is -4.13. The normalized spacial score (nSPS) is 11.6. The molecule has 6 nitrogen and oxygen atoms in total. The smallest absolute Gasteiger partial charge is 0.174 e. The predicted molar refractivity (Wildman–Crippen MR) is 112 cm³/mol. The lowest BCUT2D eigenvalue weighted by Crippen LogP contribution is -2.01. The predicted octanol–water partition coefficient (Wildman–Crippen LogP) is 4.35. The molecule has 7 heteroatoms. The maximum absolute atomic E-state index is 13.3. The van der Waals surface area contributed by atoms with E-state index in [1.165, 1.54) is 28.5 Å². The number of fused-ring (bicyclic) bond motifs is 4. The van der Waals surface area contributed by atoms with Gasteiger partial charge in [-0.2, -0.15) is 5.10 Å². The fraction of sp³-hybridized carbons (Fsp3) is 0.0435. The fourth-order valence-electron chi connectivity index (χ4n) is 3.87. The van der Waals surface area contributed by atoms with Crippen molar-refractivity contribution in [2.45, 2.75) is 6.42 Å². The minimum Gasteiger partial charge on any atom is -0.268 e. The number of hydrogen-bond donors (Lipinski definition) is 0. The van der Waals surface area contributed by atoms with Crippen molar-refractivity contribution in [3.8, 4) is 5.69 Å². The van der Waals surface area contributed by atoms with Crippen LogP contribution in [-0.4, -0.2) is 29.4 Å². The molecule has 0 fully saturated rings. The quantitative estimate of drug-likeness (QED) is 0.448. The van der Waals surface area contributed by atoms with Gasteiger partial charge < -0.3 is 0 Å². The van der Waals surface area contributed by atoms with Crippen LogP contribution in [0.25, 0.3) is 33.1 Å². The maximum Gasteiger partial charge on any atom is 0.174 e. The molecule has 3 aromatic heterocycles. The Morgan fingerprint density at radius 1 is 0.800 bits per heavy atom. The molecular weight excluding hydrogens is 379 g/mol. The molecule has 30 heavy (non-hydrogen) atoms. The first kappa shape index (κ1) is 16.8. The van der Waals surface area contributed by atoms with Gasteiger partial charge in [-0.25, -0.2) is 14.1 Å². The Labute approximate surface area is 170 Å². The van der Waals surface area contributed by atoms with E-state index in [0.717, 1.165) is 16.9 Å². The van der Waals surface area contributed by atoms with E-state index in [4.69, 9.17) is 0 Å². The van der Waals surface area contributed by atoms with Gasteiger partial charge in [-0.1, -0.05) is 42.5 Å². The highest BCUT2D eigenvalue weighted by Crippen LogP contribution is 2.23. The minimum atomic E-state index is -0.291. The molecule has 0 aliphatic heterocycles. The molecule has 6 aromatic rings. The van der Waals surface area contributed by atoms with Crippen LogP contribution in [0.1, 0.15) is 11.4 Å². The first-order valence-corrected chi connectivity index (χ1v) is 9.57. The van der Waals surface area contributed by atoms with Crippen molar-refractivity contribution >= 4 is 27.5 Å². The molecule has 0 bridgehead atoms. The van der Waals surface area contributed by atoms with E-state index >= 15 is 0 Å². The lowest BCUT2D eigenvalue weighted by molar-refractivity contribution is 0.627. The third-order valence-electron chi connectivity index (χ3n) is 5.35. The highest BCUT2D eigenvalue weighted by atomic mass is 19.1. The largest absolute Gasteiger partial charge is 0.268 e. The van der Waals surface area contributed by atoms with Crippen LogP contribution >= 0.6 is 0 Å². The lowest BCUT2D eigenvalue weighted by Gasteiger charge is -2.06. The lowest BCUT2D eigenvalue weighted by atomic mass is 10.0. The molecule has 0 atom stereocenters. The second-order valence-corrected chi connectivity index (χ2v) is 7.14. The van der Waals surface area contributed by atoms with Gasteiger partial charge in [0.05, 0.1) is 17.3 Å². The van der Waals surface area contributed by atoms with Crippen molar-refractivity contribution in [3.63, 3.8) is 0 Å². The highest BCUT2D eigenvalue weighted by molar-refractivity contribution is 5.89. The zero-order valence-corrected chi connectivity index (χ0v) is 15.8. The summed E-state index contributed by atoms with van der Waals surface area (Å²) < 4.78 is 16.8. The molecule has 3 heterocycles. The zero-order chi connectivity index (χ0) is 20.1. The molecule has 0 saturated carbocycles. The van der Waals surface area contributed by atoms with Gasteiger partial charge in [0.1, 0.15) is 18.0 Å². The Kier molecular flexibility index (Phi) is 3.61. The molecule has 6 rings (SSSR count). The van der Waals surface area contributed by atoms with Gasteiger partial charge in [0, 0.05) is 6.42 Å². The Bertz CT molecular complexity index is 1530. The van der Waals surface area contributed by atoms with Crippen molar-refractivity contribution in [2.24, 2.45) is 0 Å². The number of aromatic nitrogens is 6. The molecule has 0 spiro atoms.